The van der Waals surface area contributed by atoms with Crippen molar-refractivity contribution in [3.63, 3.8) is 0 Å². The lowest BCUT2D eigenvalue weighted by Crippen LogP contribution is -2.15. The largest absolute Gasteiger partial charge is 0.386 e. The molecule has 140 valence electrons. The van der Waals surface area contributed by atoms with E-state index in [1.165, 1.54) is 44.9 Å². The first-order chi connectivity index (χ1) is 11.4. The monoisotopic (exact) mass is 336 g/mol. The highest BCUT2D eigenvalue weighted by atomic mass is 16.6. The third-order valence-electron chi connectivity index (χ3n) is 4.63. The van der Waals surface area contributed by atoms with Crippen LogP contribution in [0.3, 0.4) is 0 Å². The highest BCUT2D eigenvalue weighted by Crippen LogP contribution is 2.33. The van der Waals surface area contributed by atoms with Crippen LogP contribution in [0.1, 0.15) is 91.9 Å². The number of epoxide rings is 1. The topological polar surface area (TPSA) is 32.8 Å². The molecule has 3 atom stereocenters. The number of aliphatic hydroxyl groups excluding tert-OH is 1. The molecule has 3 unspecified atom stereocenters. The summed E-state index contributed by atoms with van der Waals surface area (Å²) in [5.41, 5.74) is 0.345. The zero-order valence-corrected chi connectivity index (χ0v) is 16.5. The van der Waals surface area contributed by atoms with Crippen molar-refractivity contribution in [1.82, 2.24) is 0 Å². The summed E-state index contributed by atoms with van der Waals surface area (Å²) in [7, 11) is 0. The normalized spacial score (nSPS) is 22.5. The molecule has 1 N–H and O–H groups in total. The SMILES string of the molecule is CCCCCCCC/C=C\C/C=C\C(O)C1OC1CCC(C)(C)C. The lowest BCUT2D eigenvalue weighted by molar-refractivity contribution is 0.177. The second-order valence-electron chi connectivity index (χ2n) is 8.42. The quantitative estimate of drug-likeness (QED) is 0.247. The second kappa shape index (κ2) is 11.9. The van der Waals surface area contributed by atoms with Crippen molar-refractivity contribution in [3.05, 3.63) is 24.3 Å². The molecule has 1 aliphatic rings. The summed E-state index contributed by atoms with van der Waals surface area (Å²) in [6.07, 6.45) is 20.7. The summed E-state index contributed by atoms with van der Waals surface area (Å²) < 4.78 is 5.61. The molecule has 1 aliphatic heterocycles. The smallest absolute Gasteiger partial charge is 0.114 e. The van der Waals surface area contributed by atoms with Crippen molar-refractivity contribution >= 4 is 0 Å². The Hall–Kier alpha value is -0.600. The maximum absolute atomic E-state index is 10.1. The first-order valence-corrected chi connectivity index (χ1v) is 10.1. The molecule has 1 rings (SSSR count). The van der Waals surface area contributed by atoms with Gasteiger partial charge in [0, 0.05) is 0 Å². The molecule has 0 aromatic heterocycles. The van der Waals surface area contributed by atoms with Crippen LogP contribution in [-0.2, 0) is 4.74 Å². The molecular formula is C22H40O2. The minimum atomic E-state index is -0.443. The van der Waals surface area contributed by atoms with E-state index in [-0.39, 0.29) is 12.2 Å². The van der Waals surface area contributed by atoms with Crippen molar-refractivity contribution < 1.29 is 9.84 Å². The first kappa shape index (κ1) is 21.4. The van der Waals surface area contributed by atoms with Crippen LogP contribution in [0.4, 0.5) is 0 Å². The third kappa shape index (κ3) is 11.0. The number of rotatable bonds is 13. The van der Waals surface area contributed by atoms with E-state index in [4.69, 9.17) is 4.74 Å². The van der Waals surface area contributed by atoms with Crippen LogP contribution in [0.5, 0.6) is 0 Å². The van der Waals surface area contributed by atoms with Crippen LogP contribution in [0.15, 0.2) is 24.3 Å². The van der Waals surface area contributed by atoms with Gasteiger partial charge in [0.15, 0.2) is 0 Å². The summed E-state index contributed by atoms with van der Waals surface area (Å²) >= 11 is 0. The summed E-state index contributed by atoms with van der Waals surface area (Å²) in [5, 5.41) is 10.1. The van der Waals surface area contributed by atoms with Gasteiger partial charge in [-0.15, -0.1) is 0 Å². The fourth-order valence-electron chi connectivity index (χ4n) is 2.93. The third-order valence-corrected chi connectivity index (χ3v) is 4.63. The Morgan fingerprint density at radius 1 is 1.00 bits per heavy atom. The maximum atomic E-state index is 10.1. The Labute approximate surface area is 150 Å². The van der Waals surface area contributed by atoms with Gasteiger partial charge in [-0.25, -0.2) is 0 Å². The second-order valence-corrected chi connectivity index (χ2v) is 8.42. The van der Waals surface area contributed by atoms with Crippen LogP contribution in [0.2, 0.25) is 0 Å². The average molecular weight is 337 g/mol. The van der Waals surface area contributed by atoms with Crippen LogP contribution >= 0.6 is 0 Å². The number of aliphatic hydroxyl groups is 1. The highest BCUT2D eigenvalue weighted by molar-refractivity contribution is 5.03. The molecule has 0 radical (unpaired) electrons. The molecule has 0 aliphatic carbocycles. The van der Waals surface area contributed by atoms with E-state index in [1.807, 2.05) is 6.08 Å². The van der Waals surface area contributed by atoms with E-state index >= 15 is 0 Å². The lowest BCUT2D eigenvalue weighted by atomic mass is 9.89. The van der Waals surface area contributed by atoms with Crippen molar-refractivity contribution in [3.8, 4) is 0 Å². The summed E-state index contributed by atoms with van der Waals surface area (Å²) in [5.74, 6) is 0. The molecule has 24 heavy (non-hydrogen) atoms. The maximum Gasteiger partial charge on any atom is 0.114 e. The van der Waals surface area contributed by atoms with Crippen molar-refractivity contribution in [2.45, 2.75) is 110 Å². The Morgan fingerprint density at radius 3 is 2.42 bits per heavy atom. The Bertz CT molecular complexity index is 365. The molecule has 0 spiro atoms. The van der Waals surface area contributed by atoms with Crippen molar-refractivity contribution in [2.75, 3.05) is 0 Å². The molecule has 0 amide bonds. The molecule has 1 saturated heterocycles. The average Bonchev–Trinajstić information content (AvgIpc) is 3.29. The van der Waals surface area contributed by atoms with Gasteiger partial charge in [0.1, 0.15) is 12.2 Å². The summed E-state index contributed by atoms with van der Waals surface area (Å²) in [6, 6.07) is 0. The van der Waals surface area contributed by atoms with E-state index in [2.05, 4.69) is 45.9 Å². The molecular weight excluding hydrogens is 296 g/mol. The van der Waals surface area contributed by atoms with Gasteiger partial charge in [0.25, 0.3) is 0 Å². The zero-order chi connectivity index (χ0) is 17.8. The summed E-state index contributed by atoms with van der Waals surface area (Å²) in [6.45, 7) is 9.00. The van der Waals surface area contributed by atoms with Crippen molar-refractivity contribution in [2.24, 2.45) is 5.41 Å². The van der Waals surface area contributed by atoms with E-state index < -0.39 is 6.10 Å². The summed E-state index contributed by atoms with van der Waals surface area (Å²) in [4.78, 5) is 0. The van der Waals surface area contributed by atoms with Gasteiger partial charge in [-0.1, -0.05) is 84.1 Å². The van der Waals surface area contributed by atoms with Gasteiger partial charge in [0.05, 0.1) is 6.10 Å². The van der Waals surface area contributed by atoms with Gasteiger partial charge >= 0.3 is 0 Å². The fraction of sp³-hybridized carbons (Fsp3) is 0.818. The number of ether oxygens (including phenoxy) is 1. The zero-order valence-electron chi connectivity index (χ0n) is 16.5. The standard InChI is InChI=1S/C22H40O2/c1-5-6-7-8-9-10-11-12-13-14-15-16-19(23)21-20(24-21)17-18-22(2,3)4/h12-13,15-16,19-21,23H,5-11,14,17-18H2,1-4H3/b13-12-,16-15-. The van der Waals surface area contributed by atoms with E-state index in [0.717, 1.165) is 19.3 Å². The first-order valence-electron chi connectivity index (χ1n) is 10.1. The van der Waals surface area contributed by atoms with Gasteiger partial charge in [-0.05, 0) is 37.5 Å². The molecule has 0 bridgehead atoms. The van der Waals surface area contributed by atoms with Gasteiger partial charge < -0.3 is 9.84 Å². The van der Waals surface area contributed by atoms with E-state index in [0.29, 0.717) is 5.41 Å². The molecule has 1 fully saturated rings. The fourth-order valence-corrected chi connectivity index (χ4v) is 2.93. The highest BCUT2D eigenvalue weighted by Gasteiger charge is 2.43. The van der Waals surface area contributed by atoms with Gasteiger partial charge in [-0.3, -0.25) is 0 Å². The number of hydrogen-bond acceptors (Lipinski definition) is 2. The molecule has 0 aromatic carbocycles. The van der Waals surface area contributed by atoms with E-state index in [1.54, 1.807) is 0 Å². The molecule has 0 aromatic rings. The Kier molecular flexibility index (Phi) is 10.6. The predicted octanol–water partition coefficient (Wildman–Crippen LogP) is 6.19. The van der Waals surface area contributed by atoms with Crippen LogP contribution in [0, 0.1) is 5.41 Å². The van der Waals surface area contributed by atoms with Gasteiger partial charge in [-0.2, -0.15) is 0 Å². The van der Waals surface area contributed by atoms with Crippen molar-refractivity contribution in [1.29, 1.82) is 0 Å². The van der Waals surface area contributed by atoms with Crippen LogP contribution in [-0.4, -0.2) is 23.4 Å². The molecule has 1 heterocycles. The van der Waals surface area contributed by atoms with Gasteiger partial charge in [0.2, 0.25) is 0 Å². The van der Waals surface area contributed by atoms with E-state index in [9.17, 15) is 5.11 Å². The number of hydrogen-bond donors (Lipinski definition) is 1. The number of allylic oxidation sites excluding steroid dienone is 3. The molecule has 2 nitrogen and oxygen atoms in total. The molecule has 2 heteroatoms. The Morgan fingerprint density at radius 2 is 1.71 bits per heavy atom. The molecule has 0 saturated carbocycles. The minimum Gasteiger partial charge on any atom is -0.386 e. The number of unbranched alkanes of at least 4 members (excludes halogenated alkanes) is 6. The van der Waals surface area contributed by atoms with Crippen LogP contribution < -0.4 is 0 Å². The lowest BCUT2D eigenvalue weighted by Gasteiger charge is -2.16. The predicted molar refractivity (Wildman–Crippen MR) is 104 cm³/mol. The minimum absolute atomic E-state index is 0.0238. The van der Waals surface area contributed by atoms with Crippen LogP contribution in [0.25, 0.3) is 0 Å². The Balaban J connectivity index is 2.00.